The number of halogens is 1. The topological polar surface area (TPSA) is 89.3 Å². The zero-order valence-corrected chi connectivity index (χ0v) is 16.8. The second-order valence-electron chi connectivity index (χ2n) is 6.74. The highest BCUT2D eigenvalue weighted by Crippen LogP contribution is 2.32. The molecule has 1 aromatic heterocycles. The molecule has 7 nitrogen and oxygen atoms in total. The molecule has 0 spiro atoms. The van der Waals surface area contributed by atoms with Crippen molar-refractivity contribution in [3.63, 3.8) is 0 Å². The molecule has 0 radical (unpaired) electrons. The van der Waals surface area contributed by atoms with Crippen LogP contribution in [0.4, 0.5) is 5.82 Å². The van der Waals surface area contributed by atoms with E-state index < -0.39 is 5.54 Å². The summed E-state index contributed by atoms with van der Waals surface area (Å²) in [5, 5.41) is 12.3. The Balaban J connectivity index is 1.86. The molecule has 0 saturated heterocycles. The number of hydrogen-bond donors (Lipinski definition) is 1. The first kappa shape index (κ1) is 20.3. The van der Waals surface area contributed by atoms with Crippen LogP contribution in [0.1, 0.15) is 32.1 Å². The summed E-state index contributed by atoms with van der Waals surface area (Å²) in [6.07, 6.45) is 6.06. The van der Waals surface area contributed by atoms with Crippen LogP contribution in [0.25, 0.3) is 0 Å². The fourth-order valence-corrected chi connectivity index (χ4v) is 3.40. The van der Waals surface area contributed by atoms with Gasteiger partial charge in [-0.15, -0.1) is 0 Å². The Morgan fingerprint density at radius 3 is 2.54 bits per heavy atom. The zero-order valence-electron chi connectivity index (χ0n) is 15.2. The zero-order chi connectivity index (χ0) is 19.2. The van der Waals surface area contributed by atoms with E-state index in [1.165, 1.54) is 0 Å². The highest BCUT2D eigenvalue weighted by molar-refractivity contribution is 9.10. The largest absolute Gasteiger partial charge is 0.326 e. The van der Waals surface area contributed by atoms with Crippen LogP contribution < -0.4 is 5.32 Å². The van der Waals surface area contributed by atoms with Gasteiger partial charge in [0.05, 0.1) is 19.2 Å². The Morgan fingerprint density at radius 1 is 1.27 bits per heavy atom. The van der Waals surface area contributed by atoms with E-state index in [2.05, 4.69) is 32.3 Å². The fourth-order valence-electron chi connectivity index (χ4n) is 3.17. The van der Waals surface area contributed by atoms with Crippen molar-refractivity contribution in [2.75, 3.05) is 32.5 Å². The minimum Gasteiger partial charge on any atom is -0.326 e. The number of anilines is 1. The first-order valence-corrected chi connectivity index (χ1v) is 9.43. The van der Waals surface area contributed by atoms with E-state index in [-0.39, 0.29) is 24.9 Å². The second-order valence-corrected chi connectivity index (χ2v) is 7.65. The van der Waals surface area contributed by atoms with E-state index in [9.17, 15) is 14.9 Å². The van der Waals surface area contributed by atoms with Gasteiger partial charge in [-0.25, -0.2) is 4.98 Å². The van der Waals surface area contributed by atoms with Crippen molar-refractivity contribution in [3.8, 4) is 6.07 Å². The van der Waals surface area contributed by atoms with Crippen LogP contribution in [-0.4, -0.2) is 59.3 Å². The summed E-state index contributed by atoms with van der Waals surface area (Å²) in [6.45, 7) is 0.151. The van der Waals surface area contributed by atoms with Crippen molar-refractivity contribution in [2.45, 2.75) is 37.6 Å². The van der Waals surface area contributed by atoms with E-state index in [0.717, 1.165) is 23.7 Å². The number of amides is 2. The van der Waals surface area contributed by atoms with E-state index in [0.29, 0.717) is 18.7 Å². The molecule has 2 rings (SSSR count). The van der Waals surface area contributed by atoms with Crippen LogP contribution in [0.2, 0.25) is 0 Å². The molecule has 1 N–H and O–H groups in total. The molecular formula is C18H24BrN5O2. The molecule has 1 aliphatic rings. The molecule has 1 saturated carbocycles. The molecule has 0 atom stereocenters. The minimum absolute atomic E-state index is 0.0663. The van der Waals surface area contributed by atoms with Gasteiger partial charge >= 0.3 is 0 Å². The summed E-state index contributed by atoms with van der Waals surface area (Å²) < 4.78 is 0.829. The standard InChI is InChI=1S/C18H24BrN5O2/c1-23(11-16(25)22-15-7-6-14(19)10-21-15)12-17(26)24(2)18(13-20)8-4-3-5-9-18/h6-7,10H,3-5,8-9,11-12H2,1-2H3,(H,21,22,25). The molecule has 8 heteroatoms. The van der Waals surface area contributed by atoms with Gasteiger partial charge < -0.3 is 10.2 Å². The number of rotatable bonds is 6. The quantitative estimate of drug-likeness (QED) is 0.761. The summed E-state index contributed by atoms with van der Waals surface area (Å²) in [7, 11) is 3.40. The molecule has 0 unspecified atom stereocenters. The molecule has 2 amide bonds. The number of carbonyl (C=O) groups is 2. The maximum Gasteiger partial charge on any atom is 0.239 e. The van der Waals surface area contributed by atoms with Crippen LogP contribution in [0, 0.1) is 11.3 Å². The first-order chi connectivity index (χ1) is 12.4. The third kappa shape index (κ3) is 5.26. The third-order valence-corrected chi connectivity index (χ3v) is 5.19. The fraction of sp³-hybridized carbons (Fsp3) is 0.556. The van der Waals surface area contributed by atoms with Gasteiger partial charge in [-0.3, -0.25) is 14.5 Å². The molecule has 140 valence electrons. The van der Waals surface area contributed by atoms with Gasteiger partial charge in [0.25, 0.3) is 0 Å². The Hall–Kier alpha value is -1.98. The molecular weight excluding hydrogens is 398 g/mol. The van der Waals surface area contributed by atoms with Gasteiger partial charge in [0.1, 0.15) is 11.4 Å². The predicted molar refractivity (Wildman–Crippen MR) is 102 cm³/mol. The van der Waals surface area contributed by atoms with Crippen molar-refractivity contribution in [1.82, 2.24) is 14.8 Å². The Kier molecular flexibility index (Phi) is 7.12. The van der Waals surface area contributed by atoms with Crippen LogP contribution in [0.3, 0.4) is 0 Å². The highest BCUT2D eigenvalue weighted by atomic mass is 79.9. The van der Waals surface area contributed by atoms with Crippen molar-refractivity contribution >= 4 is 33.6 Å². The van der Waals surface area contributed by atoms with Gasteiger partial charge in [0.2, 0.25) is 11.8 Å². The number of pyridine rings is 1. The molecule has 0 aliphatic heterocycles. The maximum absolute atomic E-state index is 12.6. The number of nitrogens with zero attached hydrogens (tertiary/aromatic N) is 4. The van der Waals surface area contributed by atoms with E-state index in [1.54, 1.807) is 42.2 Å². The summed E-state index contributed by atoms with van der Waals surface area (Å²) in [5.41, 5.74) is -0.709. The number of likely N-dealkylation sites (N-methyl/N-ethyl adjacent to an activating group) is 2. The number of aromatic nitrogens is 1. The lowest BCUT2D eigenvalue weighted by molar-refractivity contribution is -0.136. The summed E-state index contributed by atoms with van der Waals surface area (Å²) in [5.74, 6) is 0.0663. The van der Waals surface area contributed by atoms with Crippen molar-refractivity contribution in [1.29, 1.82) is 5.26 Å². The number of nitrogens with one attached hydrogen (secondary N) is 1. The van der Waals surface area contributed by atoms with Gasteiger partial charge in [0, 0.05) is 17.7 Å². The van der Waals surface area contributed by atoms with Crippen LogP contribution >= 0.6 is 15.9 Å². The molecule has 1 aliphatic carbocycles. The Morgan fingerprint density at radius 2 is 1.96 bits per heavy atom. The third-order valence-electron chi connectivity index (χ3n) is 4.72. The van der Waals surface area contributed by atoms with Gasteiger partial charge in [0.15, 0.2) is 0 Å². The number of hydrogen-bond acceptors (Lipinski definition) is 5. The highest BCUT2D eigenvalue weighted by Gasteiger charge is 2.38. The minimum atomic E-state index is -0.709. The lowest BCUT2D eigenvalue weighted by Crippen LogP contribution is -2.52. The second kappa shape index (κ2) is 9.10. The lowest BCUT2D eigenvalue weighted by atomic mass is 9.81. The molecule has 0 aromatic carbocycles. The van der Waals surface area contributed by atoms with Crippen molar-refractivity contribution < 1.29 is 9.59 Å². The average Bonchev–Trinajstić information content (AvgIpc) is 2.63. The lowest BCUT2D eigenvalue weighted by Gasteiger charge is -2.39. The molecule has 1 fully saturated rings. The molecule has 26 heavy (non-hydrogen) atoms. The Labute approximate surface area is 162 Å². The number of carbonyl (C=O) groups excluding carboxylic acids is 2. The normalized spacial score (nSPS) is 16.0. The van der Waals surface area contributed by atoms with Crippen molar-refractivity contribution in [3.05, 3.63) is 22.8 Å². The summed E-state index contributed by atoms with van der Waals surface area (Å²) >= 11 is 3.29. The van der Waals surface area contributed by atoms with E-state index >= 15 is 0 Å². The van der Waals surface area contributed by atoms with Crippen LogP contribution in [-0.2, 0) is 9.59 Å². The Bertz CT molecular complexity index is 680. The van der Waals surface area contributed by atoms with E-state index in [1.807, 2.05) is 0 Å². The van der Waals surface area contributed by atoms with Crippen LogP contribution in [0.15, 0.2) is 22.8 Å². The molecule has 0 bridgehead atoms. The van der Waals surface area contributed by atoms with Gasteiger partial charge in [-0.05, 0) is 48.0 Å². The summed E-state index contributed by atoms with van der Waals surface area (Å²) in [6, 6.07) is 5.83. The van der Waals surface area contributed by atoms with Crippen LogP contribution in [0.5, 0.6) is 0 Å². The van der Waals surface area contributed by atoms with E-state index in [4.69, 9.17) is 0 Å². The monoisotopic (exact) mass is 421 g/mol. The first-order valence-electron chi connectivity index (χ1n) is 8.64. The molecule has 1 aromatic rings. The number of nitriles is 1. The van der Waals surface area contributed by atoms with Gasteiger partial charge in [-0.2, -0.15) is 5.26 Å². The predicted octanol–water partition coefficient (Wildman–Crippen LogP) is 2.40. The summed E-state index contributed by atoms with van der Waals surface area (Å²) in [4.78, 5) is 32.0. The molecule has 1 heterocycles. The average molecular weight is 422 g/mol. The maximum atomic E-state index is 12.6. The smallest absolute Gasteiger partial charge is 0.239 e. The van der Waals surface area contributed by atoms with Crippen molar-refractivity contribution in [2.24, 2.45) is 0 Å². The van der Waals surface area contributed by atoms with Gasteiger partial charge in [-0.1, -0.05) is 19.3 Å². The SMILES string of the molecule is CN(CC(=O)Nc1ccc(Br)cn1)CC(=O)N(C)C1(C#N)CCCCC1.